The summed E-state index contributed by atoms with van der Waals surface area (Å²) >= 11 is 0. The van der Waals surface area contributed by atoms with Crippen LogP contribution in [0, 0.1) is 6.92 Å². The summed E-state index contributed by atoms with van der Waals surface area (Å²) in [5, 5.41) is 2.84. The summed E-state index contributed by atoms with van der Waals surface area (Å²) in [5.41, 5.74) is 1.80. The molecule has 0 radical (unpaired) electrons. The van der Waals surface area contributed by atoms with Gasteiger partial charge in [-0.1, -0.05) is 6.07 Å². The Morgan fingerprint density at radius 2 is 2.39 bits per heavy atom. The molecule has 0 saturated heterocycles. The number of amides is 1. The van der Waals surface area contributed by atoms with Crippen LogP contribution < -0.4 is 5.32 Å². The Labute approximate surface area is 105 Å². The summed E-state index contributed by atoms with van der Waals surface area (Å²) in [6, 6.07) is 3.77. The molecule has 0 aliphatic heterocycles. The highest BCUT2D eigenvalue weighted by Crippen LogP contribution is 2.03. The zero-order chi connectivity index (χ0) is 12.8. The quantitative estimate of drug-likeness (QED) is 0.869. The third-order valence-electron chi connectivity index (χ3n) is 2.49. The van der Waals surface area contributed by atoms with Crippen LogP contribution in [-0.2, 0) is 17.8 Å². The second-order valence-electron chi connectivity index (χ2n) is 4.00. The molecule has 0 fully saturated rings. The molecule has 0 aliphatic rings. The molecule has 0 saturated carbocycles. The van der Waals surface area contributed by atoms with Gasteiger partial charge in [0.15, 0.2) is 5.89 Å². The topological polar surface area (TPSA) is 68.0 Å². The van der Waals surface area contributed by atoms with Gasteiger partial charge in [-0.05, 0) is 11.6 Å². The van der Waals surface area contributed by atoms with Gasteiger partial charge in [0, 0.05) is 38.7 Å². The largest absolute Gasteiger partial charge is 0.449 e. The van der Waals surface area contributed by atoms with Crippen LogP contribution in [0.4, 0.5) is 0 Å². The van der Waals surface area contributed by atoms with Crippen molar-refractivity contribution in [3.8, 4) is 0 Å². The molecule has 0 unspecified atom stereocenters. The van der Waals surface area contributed by atoms with Gasteiger partial charge >= 0.3 is 0 Å². The molecular formula is C13H15N3O2. The van der Waals surface area contributed by atoms with Crippen LogP contribution in [0.25, 0.3) is 0 Å². The van der Waals surface area contributed by atoms with E-state index in [1.165, 1.54) is 0 Å². The molecule has 2 aromatic heterocycles. The molecule has 1 N–H and O–H groups in total. The van der Waals surface area contributed by atoms with Crippen molar-refractivity contribution >= 4 is 5.91 Å². The molecule has 94 valence electrons. The van der Waals surface area contributed by atoms with E-state index < -0.39 is 0 Å². The third kappa shape index (κ3) is 3.69. The van der Waals surface area contributed by atoms with Crippen molar-refractivity contribution < 1.29 is 9.21 Å². The number of aromatic nitrogens is 2. The number of nitrogens with zero attached hydrogens (tertiary/aromatic N) is 2. The van der Waals surface area contributed by atoms with Gasteiger partial charge < -0.3 is 9.73 Å². The lowest BCUT2D eigenvalue weighted by Gasteiger charge is -2.03. The number of hydrogen-bond acceptors (Lipinski definition) is 4. The number of rotatable bonds is 5. The molecule has 1 amide bonds. The molecule has 0 atom stereocenters. The van der Waals surface area contributed by atoms with E-state index in [4.69, 9.17) is 4.42 Å². The van der Waals surface area contributed by atoms with Crippen molar-refractivity contribution in [2.75, 3.05) is 0 Å². The first-order valence-electron chi connectivity index (χ1n) is 5.80. The number of carbonyl (C=O) groups excluding carboxylic acids is 1. The summed E-state index contributed by atoms with van der Waals surface area (Å²) in [6.07, 6.45) is 6.03. The lowest BCUT2D eigenvalue weighted by atomic mass is 10.2. The molecule has 0 spiro atoms. The van der Waals surface area contributed by atoms with Crippen LogP contribution in [0.15, 0.2) is 35.2 Å². The zero-order valence-electron chi connectivity index (χ0n) is 10.2. The normalized spacial score (nSPS) is 10.3. The van der Waals surface area contributed by atoms with Crippen LogP contribution in [0.2, 0.25) is 0 Å². The Bertz CT molecular complexity index is 508. The van der Waals surface area contributed by atoms with Gasteiger partial charge in [0.25, 0.3) is 0 Å². The van der Waals surface area contributed by atoms with Crippen molar-refractivity contribution in [1.82, 2.24) is 15.3 Å². The van der Waals surface area contributed by atoms with Gasteiger partial charge in [0.2, 0.25) is 5.91 Å². The lowest BCUT2D eigenvalue weighted by Crippen LogP contribution is -2.23. The molecule has 2 aromatic rings. The number of oxazole rings is 1. The minimum Gasteiger partial charge on any atom is -0.449 e. The molecule has 2 heterocycles. The third-order valence-corrected chi connectivity index (χ3v) is 2.49. The van der Waals surface area contributed by atoms with E-state index in [2.05, 4.69) is 15.3 Å². The number of carbonyl (C=O) groups is 1. The SMILES string of the molecule is Cc1nc(CCC(=O)NCc2cccnc2)co1. The van der Waals surface area contributed by atoms with E-state index >= 15 is 0 Å². The van der Waals surface area contributed by atoms with Crippen molar-refractivity contribution in [3.05, 3.63) is 47.9 Å². The fourth-order valence-electron chi connectivity index (χ4n) is 1.56. The second kappa shape index (κ2) is 5.95. The molecule has 0 aliphatic carbocycles. The van der Waals surface area contributed by atoms with E-state index in [0.717, 1.165) is 11.3 Å². The number of nitrogens with one attached hydrogen (secondary N) is 1. The van der Waals surface area contributed by atoms with Crippen LogP contribution in [0.3, 0.4) is 0 Å². The maximum atomic E-state index is 11.6. The standard InChI is InChI=1S/C13H15N3O2/c1-10-16-12(9-18-10)4-5-13(17)15-8-11-3-2-6-14-7-11/h2-3,6-7,9H,4-5,8H2,1H3,(H,15,17). The van der Waals surface area contributed by atoms with Gasteiger partial charge in [-0.15, -0.1) is 0 Å². The number of pyridine rings is 1. The van der Waals surface area contributed by atoms with Gasteiger partial charge in [-0.2, -0.15) is 0 Å². The van der Waals surface area contributed by atoms with E-state index in [9.17, 15) is 4.79 Å². The minimum atomic E-state index is -0.000457. The molecule has 5 nitrogen and oxygen atoms in total. The Balaban J connectivity index is 1.73. The monoisotopic (exact) mass is 245 g/mol. The molecular weight excluding hydrogens is 230 g/mol. The van der Waals surface area contributed by atoms with Gasteiger partial charge in [-0.25, -0.2) is 4.98 Å². The number of hydrogen-bond donors (Lipinski definition) is 1. The molecule has 18 heavy (non-hydrogen) atoms. The van der Waals surface area contributed by atoms with E-state index in [1.807, 2.05) is 12.1 Å². The number of aryl methyl sites for hydroxylation is 2. The van der Waals surface area contributed by atoms with Crippen molar-refractivity contribution in [3.63, 3.8) is 0 Å². The Hall–Kier alpha value is -2.17. The van der Waals surface area contributed by atoms with Crippen molar-refractivity contribution in [1.29, 1.82) is 0 Å². The minimum absolute atomic E-state index is 0.000457. The summed E-state index contributed by atoms with van der Waals surface area (Å²) in [7, 11) is 0. The Morgan fingerprint density at radius 3 is 3.06 bits per heavy atom. The molecule has 2 rings (SSSR count). The fraction of sp³-hybridized carbons (Fsp3) is 0.308. The summed E-state index contributed by atoms with van der Waals surface area (Å²) in [6.45, 7) is 2.29. The average Bonchev–Trinajstić information content (AvgIpc) is 2.81. The first-order chi connectivity index (χ1) is 8.74. The smallest absolute Gasteiger partial charge is 0.220 e. The van der Waals surface area contributed by atoms with E-state index in [1.54, 1.807) is 25.6 Å². The van der Waals surface area contributed by atoms with Crippen LogP contribution >= 0.6 is 0 Å². The Kier molecular flexibility index (Phi) is 4.06. The highest BCUT2D eigenvalue weighted by Gasteiger charge is 2.05. The highest BCUT2D eigenvalue weighted by atomic mass is 16.3. The van der Waals surface area contributed by atoms with Crippen molar-refractivity contribution in [2.24, 2.45) is 0 Å². The van der Waals surface area contributed by atoms with Gasteiger partial charge in [-0.3, -0.25) is 9.78 Å². The van der Waals surface area contributed by atoms with E-state index in [0.29, 0.717) is 25.3 Å². The predicted molar refractivity (Wildman–Crippen MR) is 65.6 cm³/mol. The second-order valence-corrected chi connectivity index (χ2v) is 4.00. The molecule has 5 heteroatoms. The molecule has 0 aromatic carbocycles. The van der Waals surface area contributed by atoms with Gasteiger partial charge in [0.1, 0.15) is 6.26 Å². The first kappa shape index (κ1) is 12.3. The maximum Gasteiger partial charge on any atom is 0.220 e. The summed E-state index contributed by atoms with van der Waals surface area (Å²) in [4.78, 5) is 19.7. The molecule has 0 bridgehead atoms. The van der Waals surface area contributed by atoms with Crippen molar-refractivity contribution in [2.45, 2.75) is 26.3 Å². The lowest BCUT2D eigenvalue weighted by molar-refractivity contribution is -0.121. The summed E-state index contributed by atoms with van der Waals surface area (Å²) in [5.74, 6) is 0.625. The maximum absolute atomic E-state index is 11.6. The highest BCUT2D eigenvalue weighted by molar-refractivity contribution is 5.76. The first-order valence-corrected chi connectivity index (χ1v) is 5.80. The Morgan fingerprint density at radius 1 is 1.50 bits per heavy atom. The van der Waals surface area contributed by atoms with Crippen LogP contribution in [0.1, 0.15) is 23.6 Å². The summed E-state index contributed by atoms with van der Waals surface area (Å²) < 4.78 is 5.07. The van der Waals surface area contributed by atoms with E-state index in [-0.39, 0.29) is 5.91 Å². The zero-order valence-corrected chi connectivity index (χ0v) is 10.2. The fourth-order valence-corrected chi connectivity index (χ4v) is 1.56. The predicted octanol–water partition coefficient (Wildman–Crippen LogP) is 1.63. The van der Waals surface area contributed by atoms with Crippen LogP contribution in [-0.4, -0.2) is 15.9 Å². The van der Waals surface area contributed by atoms with Gasteiger partial charge in [0.05, 0.1) is 5.69 Å². The average molecular weight is 245 g/mol. The van der Waals surface area contributed by atoms with Crippen LogP contribution in [0.5, 0.6) is 0 Å².